The molecule has 1 aliphatic heterocycles. The van der Waals surface area contributed by atoms with Gasteiger partial charge >= 0.3 is 21.8 Å². The van der Waals surface area contributed by atoms with E-state index in [1.165, 1.54) is 0 Å². The zero-order valence-corrected chi connectivity index (χ0v) is 24.2. The fourth-order valence-corrected chi connectivity index (χ4v) is 7.30. The van der Waals surface area contributed by atoms with Gasteiger partial charge in [0.15, 0.2) is 0 Å². The van der Waals surface area contributed by atoms with Gasteiger partial charge in [-0.3, -0.25) is 0 Å². The molecule has 0 N–H and O–H groups in total. The quantitative estimate of drug-likeness (QED) is 0.200. The van der Waals surface area contributed by atoms with Gasteiger partial charge in [-0.15, -0.1) is 0 Å². The Morgan fingerprint density at radius 1 is 0.267 bits per heavy atom. The highest BCUT2D eigenvalue weighted by atomic mass is 16.7. The number of fused-ring (bicyclic) bond motifs is 9. The van der Waals surface area contributed by atoms with E-state index in [1.807, 2.05) is 0 Å². The maximum Gasteiger partial charge on any atom is 0.573 e. The summed E-state index contributed by atoms with van der Waals surface area (Å²) in [6, 6.07) is 50.5. The Morgan fingerprint density at radius 2 is 0.444 bits per heavy atom. The number of para-hydroxylation sites is 6. The smallest absolute Gasteiger partial charge is 0.412 e. The first-order valence-electron chi connectivity index (χ1n) is 15.2. The van der Waals surface area contributed by atoms with Crippen LogP contribution in [0.2, 0.25) is 0 Å². The molecule has 0 saturated carbocycles. The molecule has 45 heavy (non-hydrogen) atoms. The van der Waals surface area contributed by atoms with Gasteiger partial charge in [0.05, 0.1) is 0 Å². The third-order valence-electron chi connectivity index (χ3n) is 9.18. The summed E-state index contributed by atoms with van der Waals surface area (Å²) in [6.45, 7) is 0. The lowest BCUT2D eigenvalue weighted by atomic mass is 9.86. The molecule has 0 bridgehead atoms. The van der Waals surface area contributed by atoms with Crippen LogP contribution < -0.4 is 0 Å². The van der Waals surface area contributed by atoms with E-state index in [0.717, 1.165) is 65.4 Å². The van der Waals surface area contributed by atoms with E-state index in [4.69, 9.17) is 13.7 Å². The van der Waals surface area contributed by atoms with Crippen LogP contribution >= 0.6 is 0 Å². The van der Waals surface area contributed by atoms with Gasteiger partial charge < -0.3 is 27.1 Å². The van der Waals surface area contributed by atoms with Crippen molar-refractivity contribution >= 4 is 87.2 Å². The minimum atomic E-state index is -0.793. The van der Waals surface area contributed by atoms with Crippen molar-refractivity contribution in [3.05, 3.63) is 146 Å². The molecule has 1 fully saturated rings. The van der Waals surface area contributed by atoms with Crippen molar-refractivity contribution in [1.29, 1.82) is 0 Å². The molecule has 0 aliphatic carbocycles. The molecule has 3 aromatic heterocycles. The Balaban J connectivity index is 1.25. The van der Waals surface area contributed by atoms with Crippen LogP contribution in [0.1, 0.15) is 0 Å². The number of hydrogen-bond donors (Lipinski definition) is 0. The van der Waals surface area contributed by atoms with Crippen molar-refractivity contribution in [2.24, 2.45) is 0 Å². The fourth-order valence-electron chi connectivity index (χ4n) is 7.30. The third kappa shape index (κ3) is 3.60. The van der Waals surface area contributed by atoms with Gasteiger partial charge in [-0.2, -0.15) is 0 Å². The van der Waals surface area contributed by atoms with Crippen LogP contribution in [0.25, 0.3) is 65.4 Å². The molecule has 0 amide bonds. The summed E-state index contributed by atoms with van der Waals surface area (Å²) in [5, 5.41) is 6.88. The van der Waals surface area contributed by atoms with Gasteiger partial charge in [0, 0.05) is 65.4 Å². The first kappa shape index (κ1) is 25.2. The predicted octanol–water partition coefficient (Wildman–Crippen LogP) is 7.97. The molecule has 1 saturated heterocycles. The van der Waals surface area contributed by atoms with Crippen LogP contribution in [-0.4, -0.2) is 35.2 Å². The van der Waals surface area contributed by atoms with Crippen LogP contribution in [-0.2, 0) is 13.7 Å². The van der Waals surface area contributed by atoms with E-state index in [2.05, 4.69) is 159 Å². The van der Waals surface area contributed by atoms with Gasteiger partial charge in [0.25, 0.3) is 0 Å². The molecule has 6 nitrogen and oxygen atoms in total. The van der Waals surface area contributed by atoms with Gasteiger partial charge in [-0.25, -0.2) is 0 Å². The van der Waals surface area contributed by atoms with Crippen molar-refractivity contribution in [3.8, 4) is 0 Å². The molecule has 9 heteroatoms. The monoisotopic (exact) mass is 579 g/mol. The van der Waals surface area contributed by atoms with Crippen molar-refractivity contribution < 1.29 is 13.7 Å². The molecule has 9 aromatic rings. The zero-order valence-electron chi connectivity index (χ0n) is 24.2. The Bertz CT molecular complexity index is 2140. The predicted molar refractivity (Wildman–Crippen MR) is 185 cm³/mol. The molecule has 4 heterocycles. The van der Waals surface area contributed by atoms with Gasteiger partial charge in [0.2, 0.25) is 0 Å². The second-order valence-corrected chi connectivity index (χ2v) is 11.5. The average molecular weight is 579 g/mol. The Hall–Kier alpha value is -5.21. The standard InChI is InChI=1S/C36H24B3N3O3/c1-7-19-31-25(13-1)26-14-2-8-20-32(26)40(31)37-43-38(41-33-21-9-3-15-27(33)28-16-4-10-22-34(28)41)45-39(44-37)42-35-23-11-5-17-29(35)30-18-6-12-24-36(30)42/h1-24H. The van der Waals surface area contributed by atoms with Gasteiger partial charge in [-0.05, 0) is 36.4 Å². The highest BCUT2D eigenvalue weighted by Gasteiger charge is 2.48. The van der Waals surface area contributed by atoms with E-state index >= 15 is 0 Å². The Labute approximate surface area is 259 Å². The molecular weight excluding hydrogens is 555 g/mol. The summed E-state index contributed by atoms with van der Waals surface area (Å²) in [4.78, 5) is 0. The molecule has 6 aromatic carbocycles. The van der Waals surface area contributed by atoms with Crippen LogP contribution in [0, 0.1) is 0 Å². The SMILES string of the molecule is c1ccc2c(c1)c1ccccc1n2B1OB(n2c3ccccc3c3ccccc32)OB(n2c3ccccc3c3ccccc32)O1. The molecule has 0 unspecified atom stereocenters. The summed E-state index contributed by atoms with van der Waals surface area (Å²) >= 11 is 0. The first-order chi connectivity index (χ1) is 22.3. The molecule has 10 rings (SSSR count). The number of nitrogens with zero attached hydrogens (tertiary/aromatic N) is 3. The maximum absolute atomic E-state index is 6.93. The first-order valence-corrected chi connectivity index (χ1v) is 15.2. The van der Waals surface area contributed by atoms with E-state index in [9.17, 15) is 0 Å². The van der Waals surface area contributed by atoms with Crippen LogP contribution in [0.4, 0.5) is 0 Å². The average Bonchev–Trinajstić information content (AvgIpc) is 3.74. The van der Waals surface area contributed by atoms with Gasteiger partial charge in [0.1, 0.15) is 0 Å². The second-order valence-electron chi connectivity index (χ2n) is 11.5. The highest BCUT2D eigenvalue weighted by Crippen LogP contribution is 2.35. The topological polar surface area (TPSA) is 42.5 Å². The zero-order chi connectivity index (χ0) is 29.5. The summed E-state index contributed by atoms with van der Waals surface area (Å²) < 4.78 is 27.3. The maximum atomic E-state index is 6.93. The fraction of sp³-hybridized carbons (Fsp3) is 0. The van der Waals surface area contributed by atoms with Crippen molar-refractivity contribution in [1.82, 2.24) is 13.4 Å². The number of rotatable bonds is 3. The van der Waals surface area contributed by atoms with Crippen molar-refractivity contribution in [2.45, 2.75) is 0 Å². The molecule has 0 radical (unpaired) electrons. The molecule has 0 spiro atoms. The highest BCUT2D eigenvalue weighted by molar-refractivity contribution is 6.74. The lowest BCUT2D eigenvalue weighted by molar-refractivity contribution is 0.264. The van der Waals surface area contributed by atoms with E-state index in [0.29, 0.717) is 0 Å². The summed E-state index contributed by atoms with van der Waals surface area (Å²) in [5.41, 5.74) is 6.21. The Morgan fingerprint density at radius 3 is 0.644 bits per heavy atom. The van der Waals surface area contributed by atoms with Gasteiger partial charge in [-0.1, -0.05) is 109 Å². The largest absolute Gasteiger partial charge is 0.573 e. The molecule has 210 valence electrons. The summed E-state index contributed by atoms with van der Waals surface area (Å²) in [7, 11) is -2.38. The normalized spacial score (nSPS) is 14.3. The van der Waals surface area contributed by atoms with Crippen LogP contribution in [0.3, 0.4) is 0 Å². The second kappa shape index (κ2) is 9.65. The number of aromatic nitrogens is 3. The lowest BCUT2D eigenvalue weighted by Gasteiger charge is -2.32. The molecule has 0 atom stereocenters. The van der Waals surface area contributed by atoms with Crippen LogP contribution in [0.5, 0.6) is 0 Å². The van der Waals surface area contributed by atoms with E-state index < -0.39 is 21.8 Å². The molecular formula is C36H24B3N3O3. The van der Waals surface area contributed by atoms with Crippen molar-refractivity contribution in [3.63, 3.8) is 0 Å². The van der Waals surface area contributed by atoms with Crippen LogP contribution in [0.15, 0.2) is 146 Å². The van der Waals surface area contributed by atoms with Crippen molar-refractivity contribution in [2.75, 3.05) is 0 Å². The number of hydrogen-bond acceptors (Lipinski definition) is 3. The molecule has 1 aliphatic rings. The Kier molecular flexibility index (Phi) is 5.39. The van der Waals surface area contributed by atoms with E-state index in [1.54, 1.807) is 0 Å². The summed E-state index contributed by atoms with van der Waals surface area (Å²) in [6.07, 6.45) is 0. The minimum absolute atomic E-state index is 0.793. The third-order valence-corrected chi connectivity index (χ3v) is 9.18. The number of benzene rings is 6. The van der Waals surface area contributed by atoms with E-state index in [-0.39, 0.29) is 0 Å². The summed E-state index contributed by atoms with van der Waals surface area (Å²) in [5.74, 6) is 0. The minimum Gasteiger partial charge on any atom is -0.412 e. The lowest BCUT2D eigenvalue weighted by Crippen LogP contribution is -2.57.